The summed E-state index contributed by atoms with van der Waals surface area (Å²) in [5, 5.41) is 4.58. The fourth-order valence-electron chi connectivity index (χ4n) is 6.94. The van der Waals surface area contributed by atoms with Crippen molar-refractivity contribution < 1.29 is 21.3 Å². The van der Waals surface area contributed by atoms with Gasteiger partial charge in [0.05, 0.1) is 0 Å². The molecule has 0 amide bonds. The Morgan fingerprint density at radius 2 is 1.30 bits per heavy atom. The van der Waals surface area contributed by atoms with Gasteiger partial charge in [0.2, 0.25) is 0 Å². The third-order valence-electron chi connectivity index (χ3n) is 9.46. The summed E-state index contributed by atoms with van der Waals surface area (Å²) in [4.78, 5) is 0. The molecule has 0 atom stereocenters. The SMILES string of the molecule is CC(C)(C)c1ccc2c(c1)-c1cc(C(C)(C)C)c[c]([Zr]([C]3=C(c4ccsc4)C=CC3)=[C](c3ccccc3)c3ccccc3)c1C2.Cl.Cl. The Bertz CT molecular complexity index is 1940. The fraction of sp³-hybridized carbons (Fsp3) is 0.233. The van der Waals surface area contributed by atoms with E-state index in [1.165, 1.54) is 50.1 Å². The molecule has 5 aromatic rings. The molecule has 1 aromatic heterocycles. The fourth-order valence-corrected chi connectivity index (χ4v) is 16.1. The van der Waals surface area contributed by atoms with Crippen molar-refractivity contribution >= 4 is 48.2 Å². The van der Waals surface area contributed by atoms with Crippen molar-refractivity contribution in [2.45, 2.75) is 65.2 Å². The Balaban J connectivity index is 0.00000217. The van der Waals surface area contributed by atoms with Crippen LogP contribution in [0.2, 0.25) is 0 Å². The van der Waals surface area contributed by atoms with E-state index in [4.69, 9.17) is 0 Å². The summed E-state index contributed by atoms with van der Waals surface area (Å²) in [6.07, 6.45) is 6.90. The first kappa shape index (κ1) is 35.7. The summed E-state index contributed by atoms with van der Waals surface area (Å²) in [7, 11) is 0. The molecular weight excluding hydrogens is 711 g/mol. The number of hydrogen-bond acceptors (Lipinski definition) is 1. The molecule has 4 aromatic carbocycles. The van der Waals surface area contributed by atoms with Crippen molar-refractivity contribution in [3.05, 3.63) is 162 Å². The minimum Gasteiger partial charge on any atom is -0.147 e. The van der Waals surface area contributed by atoms with Crippen LogP contribution in [0, 0.1) is 0 Å². The van der Waals surface area contributed by atoms with Gasteiger partial charge in [0.15, 0.2) is 0 Å². The Labute approximate surface area is 305 Å². The van der Waals surface area contributed by atoms with Crippen LogP contribution in [-0.2, 0) is 38.5 Å². The monoisotopic (exact) mass is 752 g/mol. The maximum Gasteiger partial charge on any atom is -0.147 e. The minimum absolute atomic E-state index is 0. The second-order valence-corrected chi connectivity index (χ2v) is 21.3. The van der Waals surface area contributed by atoms with Crippen molar-refractivity contribution in [2.75, 3.05) is 0 Å². The van der Waals surface area contributed by atoms with Gasteiger partial charge in [0.25, 0.3) is 0 Å². The van der Waals surface area contributed by atoms with Gasteiger partial charge in [-0.1, -0.05) is 0 Å². The maximum absolute atomic E-state index is 2.87. The molecule has 0 nitrogen and oxygen atoms in total. The second kappa shape index (κ2) is 14.1. The molecule has 4 heteroatoms. The van der Waals surface area contributed by atoms with E-state index in [9.17, 15) is 0 Å². The summed E-state index contributed by atoms with van der Waals surface area (Å²) in [6, 6.07) is 37.5. The molecule has 0 spiro atoms. The van der Waals surface area contributed by atoms with Crippen LogP contribution < -0.4 is 3.27 Å². The molecule has 0 N–H and O–H groups in total. The molecule has 2 aliphatic carbocycles. The third-order valence-corrected chi connectivity index (χ3v) is 17.9. The molecule has 0 aliphatic heterocycles. The molecule has 0 radical (unpaired) electrons. The first-order valence-electron chi connectivity index (χ1n) is 16.2. The molecule has 47 heavy (non-hydrogen) atoms. The van der Waals surface area contributed by atoms with Gasteiger partial charge in [-0.05, 0) is 0 Å². The predicted octanol–water partition coefficient (Wildman–Crippen LogP) is 11.6. The van der Waals surface area contributed by atoms with E-state index in [0.717, 1.165) is 12.8 Å². The number of rotatable bonds is 5. The van der Waals surface area contributed by atoms with Crippen LogP contribution in [0.3, 0.4) is 0 Å². The standard InChI is InChI=1S/C21H25.C13H10.C9H7S.2ClH.Zr/c1-20(2,3)16-9-7-14-11-15-8-10-17(21(4,5)6)13-19(15)18(14)12-16;1-3-7-12(8-4-1)11-13-9-5-2-6-10-13;1-2-4-8(3-1)9-5-6-10-7-9;;;/h7,9-10,12-13H,11H2,1-6H3;1-10H;1,3,5-7H,2H2;2*1H;. The summed E-state index contributed by atoms with van der Waals surface area (Å²) in [5.74, 6) is 0. The maximum atomic E-state index is 2.66. The quantitative estimate of drug-likeness (QED) is 0.164. The summed E-state index contributed by atoms with van der Waals surface area (Å²) in [5.41, 5.74) is 14.6. The molecule has 0 saturated heterocycles. The molecule has 0 fully saturated rings. The van der Waals surface area contributed by atoms with E-state index in [1.54, 1.807) is 26.7 Å². The summed E-state index contributed by atoms with van der Waals surface area (Å²) >= 11 is -1.07. The average molecular weight is 755 g/mol. The van der Waals surface area contributed by atoms with Crippen molar-refractivity contribution in [1.82, 2.24) is 0 Å². The van der Waals surface area contributed by atoms with Crippen LogP contribution in [0.25, 0.3) is 16.7 Å². The van der Waals surface area contributed by atoms with Crippen molar-refractivity contribution in [3.8, 4) is 11.1 Å². The molecule has 0 saturated carbocycles. The van der Waals surface area contributed by atoms with Crippen LogP contribution in [-0.4, -0.2) is 3.21 Å². The first-order valence-corrected chi connectivity index (χ1v) is 20.8. The Morgan fingerprint density at radius 1 is 0.681 bits per heavy atom. The van der Waals surface area contributed by atoms with Crippen LogP contribution in [0.1, 0.15) is 86.9 Å². The van der Waals surface area contributed by atoms with Gasteiger partial charge in [0.1, 0.15) is 0 Å². The van der Waals surface area contributed by atoms with Gasteiger partial charge in [0, 0.05) is 0 Å². The zero-order chi connectivity index (χ0) is 31.3. The van der Waals surface area contributed by atoms with Gasteiger partial charge in [-0.2, -0.15) is 0 Å². The Hall–Kier alpha value is -2.61. The number of thiophene rings is 1. The van der Waals surface area contributed by atoms with E-state index in [-0.39, 0.29) is 35.6 Å². The average Bonchev–Trinajstić information content (AvgIpc) is 3.79. The number of fused-ring (bicyclic) bond motifs is 3. The normalized spacial score (nSPS) is 13.5. The van der Waals surface area contributed by atoms with Gasteiger partial charge in [-0.3, -0.25) is 0 Å². The number of hydrogen-bond donors (Lipinski definition) is 0. The summed E-state index contributed by atoms with van der Waals surface area (Å²) in [6.45, 7) is 14.2. The Kier molecular flexibility index (Phi) is 10.7. The molecule has 0 unspecified atom stereocenters. The zero-order valence-corrected chi connectivity index (χ0v) is 33.1. The topological polar surface area (TPSA) is 0 Å². The number of benzene rings is 4. The summed E-state index contributed by atoms with van der Waals surface area (Å²) < 4.78 is 4.94. The smallest absolute Gasteiger partial charge is 0.147 e. The molecule has 2 aliphatic rings. The number of halogens is 2. The van der Waals surface area contributed by atoms with Crippen LogP contribution in [0.15, 0.2) is 123 Å². The van der Waals surface area contributed by atoms with E-state index < -0.39 is 21.3 Å². The van der Waals surface area contributed by atoms with Gasteiger partial charge >= 0.3 is 283 Å². The number of allylic oxidation sites excluding steroid dienone is 4. The van der Waals surface area contributed by atoms with E-state index >= 15 is 0 Å². The Morgan fingerprint density at radius 3 is 1.87 bits per heavy atom. The van der Waals surface area contributed by atoms with Crippen LogP contribution in [0.5, 0.6) is 0 Å². The third kappa shape index (κ3) is 6.95. The van der Waals surface area contributed by atoms with E-state index in [1.807, 2.05) is 0 Å². The second-order valence-electron chi connectivity index (χ2n) is 14.6. The minimum atomic E-state index is -2.87. The zero-order valence-electron chi connectivity index (χ0n) is 28.2. The van der Waals surface area contributed by atoms with E-state index in [2.05, 4.69) is 162 Å². The van der Waals surface area contributed by atoms with Crippen LogP contribution >= 0.6 is 36.2 Å². The largest absolute Gasteiger partial charge is 0.147 e. The van der Waals surface area contributed by atoms with Gasteiger partial charge in [-0.25, -0.2) is 0 Å². The molecule has 240 valence electrons. The van der Waals surface area contributed by atoms with Crippen molar-refractivity contribution in [3.63, 3.8) is 0 Å². The molecule has 0 bridgehead atoms. The molecule has 1 heterocycles. The van der Waals surface area contributed by atoms with Crippen molar-refractivity contribution in [1.29, 1.82) is 0 Å². The molecule has 7 rings (SSSR count). The van der Waals surface area contributed by atoms with Gasteiger partial charge < -0.3 is 0 Å². The predicted molar refractivity (Wildman–Crippen MR) is 207 cm³/mol. The van der Waals surface area contributed by atoms with E-state index in [0.29, 0.717) is 0 Å². The first-order chi connectivity index (χ1) is 21.6. The van der Waals surface area contributed by atoms with Gasteiger partial charge in [-0.15, -0.1) is 24.8 Å². The molecular formula is C43H44Cl2SZr. The van der Waals surface area contributed by atoms with Crippen molar-refractivity contribution in [2.24, 2.45) is 0 Å². The van der Waals surface area contributed by atoms with Crippen LogP contribution in [0.4, 0.5) is 0 Å².